The number of hydrogen-bond donors (Lipinski definition) is 2. The molecular weight excluding hydrogens is 232 g/mol. The maximum atomic E-state index is 12.4. The van der Waals surface area contributed by atoms with E-state index in [1.807, 2.05) is 12.2 Å². The largest absolute Gasteiger partial charge is 0.351 e. The van der Waals surface area contributed by atoms with E-state index in [2.05, 4.69) is 13.8 Å². The van der Waals surface area contributed by atoms with Crippen molar-refractivity contribution in [2.45, 2.75) is 33.6 Å². The Hall–Kier alpha value is -1.65. The summed E-state index contributed by atoms with van der Waals surface area (Å²) >= 11 is 0. The molecule has 0 aromatic carbocycles. The first-order chi connectivity index (χ1) is 8.20. The summed E-state index contributed by atoms with van der Waals surface area (Å²) in [6.45, 7) is 6.09. The molecule has 2 rings (SSSR count). The number of allylic oxidation sites excluding steroid dienone is 1. The maximum Gasteiger partial charge on any atom is 0.319 e. The smallest absolute Gasteiger partial charge is 0.319 e. The lowest BCUT2D eigenvalue weighted by Crippen LogP contribution is -2.35. The van der Waals surface area contributed by atoms with Crippen molar-refractivity contribution in [2.24, 2.45) is 22.5 Å². The van der Waals surface area contributed by atoms with Gasteiger partial charge in [-0.05, 0) is 24.2 Å². The molecule has 0 saturated heterocycles. The third-order valence-electron chi connectivity index (χ3n) is 4.90. The molecule has 98 valence electrons. The summed E-state index contributed by atoms with van der Waals surface area (Å²) in [5, 5.41) is 1.96. The van der Waals surface area contributed by atoms with Crippen LogP contribution in [0.2, 0.25) is 0 Å². The van der Waals surface area contributed by atoms with Gasteiger partial charge in [0.2, 0.25) is 0 Å². The molecule has 0 heterocycles. The minimum absolute atomic E-state index is 0.0309. The standard InChI is InChI=1S/C13H18N2O3/c1-12(2)8-4-5-13(12,3)10(17)7(8)6-9(16)15-11(14)18/h6,8H,4-5H2,1-3H3,(H3,14,15,16,18)/b7-6+. The molecule has 5 heteroatoms. The number of hydrogen-bond acceptors (Lipinski definition) is 3. The summed E-state index contributed by atoms with van der Waals surface area (Å²) in [4.78, 5) is 34.5. The van der Waals surface area contributed by atoms with Crippen molar-refractivity contribution < 1.29 is 14.4 Å². The number of rotatable bonds is 1. The van der Waals surface area contributed by atoms with E-state index in [4.69, 9.17) is 5.73 Å². The van der Waals surface area contributed by atoms with Gasteiger partial charge in [-0.1, -0.05) is 20.8 Å². The van der Waals surface area contributed by atoms with Gasteiger partial charge in [-0.2, -0.15) is 0 Å². The Kier molecular flexibility index (Phi) is 2.61. The monoisotopic (exact) mass is 250 g/mol. The van der Waals surface area contributed by atoms with Crippen LogP contribution in [0.5, 0.6) is 0 Å². The van der Waals surface area contributed by atoms with E-state index in [0.717, 1.165) is 12.8 Å². The summed E-state index contributed by atoms with van der Waals surface area (Å²) < 4.78 is 0. The second-order valence-corrected chi connectivity index (χ2v) is 5.93. The summed E-state index contributed by atoms with van der Waals surface area (Å²) in [7, 11) is 0. The molecule has 0 spiro atoms. The van der Waals surface area contributed by atoms with Gasteiger partial charge in [-0.25, -0.2) is 4.79 Å². The van der Waals surface area contributed by atoms with Gasteiger partial charge in [-0.15, -0.1) is 0 Å². The zero-order valence-electron chi connectivity index (χ0n) is 10.9. The van der Waals surface area contributed by atoms with Crippen molar-refractivity contribution in [1.82, 2.24) is 5.32 Å². The van der Waals surface area contributed by atoms with Crippen LogP contribution in [0.3, 0.4) is 0 Å². The average Bonchev–Trinajstić information content (AvgIpc) is 2.52. The molecule has 2 saturated carbocycles. The topological polar surface area (TPSA) is 89.3 Å². The first kappa shape index (κ1) is 12.8. The highest BCUT2D eigenvalue weighted by Crippen LogP contribution is 2.65. The summed E-state index contributed by atoms with van der Waals surface area (Å²) in [6, 6.07) is -0.905. The van der Waals surface area contributed by atoms with Gasteiger partial charge >= 0.3 is 6.03 Å². The van der Waals surface area contributed by atoms with E-state index in [1.165, 1.54) is 6.08 Å². The van der Waals surface area contributed by atoms with Crippen molar-refractivity contribution in [2.75, 3.05) is 0 Å². The molecule has 0 radical (unpaired) electrons. The SMILES string of the molecule is CC12CCC(/C(=C\C(=O)NC(N)=O)C1=O)C2(C)C. The maximum absolute atomic E-state index is 12.4. The summed E-state index contributed by atoms with van der Waals surface area (Å²) in [5.41, 5.74) is 4.88. The molecule has 2 aliphatic rings. The van der Waals surface area contributed by atoms with Crippen molar-refractivity contribution >= 4 is 17.7 Å². The lowest BCUT2D eigenvalue weighted by atomic mass is 9.70. The summed E-state index contributed by atoms with van der Waals surface area (Å²) in [5.74, 6) is -0.491. The molecule has 18 heavy (non-hydrogen) atoms. The Morgan fingerprint density at radius 2 is 2.00 bits per heavy atom. The molecule has 3 amide bonds. The normalized spacial score (nSPS) is 34.9. The quantitative estimate of drug-likeness (QED) is 0.684. The summed E-state index contributed by atoms with van der Waals surface area (Å²) in [6.07, 6.45) is 3.01. The molecule has 2 bridgehead atoms. The number of Topliss-reactive ketones (excluding diaryl/α,β-unsaturated/α-hetero) is 1. The van der Waals surface area contributed by atoms with E-state index < -0.39 is 17.4 Å². The van der Waals surface area contributed by atoms with Crippen LogP contribution < -0.4 is 11.1 Å². The number of amides is 3. The van der Waals surface area contributed by atoms with Gasteiger partial charge in [0.1, 0.15) is 0 Å². The fourth-order valence-electron chi connectivity index (χ4n) is 3.39. The van der Waals surface area contributed by atoms with Crippen LogP contribution in [0.25, 0.3) is 0 Å². The Bertz CT molecular complexity index is 479. The predicted molar refractivity (Wildman–Crippen MR) is 65.4 cm³/mol. The van der Waals surface area contributed by atoms with Gasteiger partial charge in [-0.3, -0.25) is 14.9 Å². The molecule has 2 unspecified atom stereocenters. The van der Waals surface area contributed by atoms with Crippen LogP contribution in [-0.4, -0.2) is 17.7 Å². The van der Waals surface area contributed by atoms with Crippen LogP contribution in [0.1, 0.15) is 33.6 Å². The molecule has 0 aliphatic heterocycles. The number of urea groups is 1. The minimum Gasteiger partial charge on any atom is -0.351 e. The van der Waals surface area contributed by atoms with Gasteiger partial charge in [0, 0.05) is 17.1 Å². The van der Waals surface area contributed by atoms with Gasteiger partial charge in [0.05, 0.1) is 0 Å². The fourth-order valence-corrected chi connectivity index (χ4v) is 3.39. The second kappa shape index (κ2) is 3.67. The Morgan fingerprint density at radius 3 is 2.44 bits per heavy atom. The third kappa shape index (κ3) is 1.50. The van der Waals surface area contributed by atoms with E-state index in [0.29, 0.717) is 5.57 Å². The van der Waals surface area contributed by atoms with E-state index in [1.54, 1.807) is 0 Å². The minimum atomic E-state index is -0.905. The lowest BCUT2D eigenvalue weighted by Gasteiger charge is -2.31. The number of carbonyl (C=O) groups excluding carboxylic acids is 3. The van der Waals surface area contributed by atoms with Crippen LogP contribution in [0, 0.1) is 16.7 Å². The number of imide groups is 1. The van der Waals surface area contributed by atoms with Gasteiger partial charge < -0.3 is 5.73 Å². The van der Waals surface area contributed by atoms with Crippen LogP contribution in [-0.2, 0) is 9.59 Å². The van der Waals surface area contributed by atoms with E-state index in [9.17, 15) is 14.4 Å². The van der Waals surface area contributed by atoms with Crippen molar-refractivity contribution in [3.63, 3.8) is 0 Å². The first-order valence-corrected chi connectivity index (χ1v) is 6.07. The number of nitrogens with two attached hydrogens (primary N) is 1. The van der Waals surface area contributed by atoms with Crippen LogP contribution in [0.4, 0.5) is 4.79 Å². The highest BCUT2D eigenvalue weighted by Gasteiger charge is 2.63. The van der Waals surface area contributed by atoms with Crippen molar-refractivity contribution in [1.29, 1.82) is 0 Å². The van der Waals surface area contributed by atoms with E-state index >= 15 is 0 Å². The zero-order chi connectivity index (χ0) is 13.7. The molecule has 2 fully saturated rings. The highest BCUT2D eigenvalue weighted by atomic mass is 16.2. The number of fused-ring (bicyclic) bond motifs is 2. The lowest BCUT2D eigenvalue weighted by molar-refractivity contribution is -0.125. The highest BCUT2D eigenvalue weighted by molar-refractivity contribution is 6.10. The first-order valence-electron chi connectivity index (χ1n) is 6.07. The average molecular weight is 250 g/mol. The van der Waals surface area contributed by atoms with Crippen LogP contribution in [0.15, 0.2) is 11.6 Å². The third-order valence-corrected chi connectivity index (χ3v) is 4.90. The van der Waals surface area contributed by atoms with Gasteiger partial charge in [0.15, 0.2) is 5.78 Å². The molecule has 2 aliphatic carbocycles. The number of ketones is 1. The Balaban J connectivity index is 2.33. The number of carbonyl (C=O) groups is 3. The Labute approximate surface area is 106 Å². The predicted octanol–water partition coefficient (Wildman–Crippen LogP) is 1.13. The van der Waals surface area contributed by atoms with Crippen LogP contribution >= 0.6 is 0 Å². The fraction of sp³-hybridized carbons (Fsp3) is 0.615. The number of nitrogens with one attached hydrogen (secondary N) is 1. The molecule has 0 aromatic rings. The molecule has 3 N–H and O–H groups in total. The molecule has 0 aromatic heterocycles. The zero-order valence-corrected chi connectivity index (χ0v) is 10.9. The van der Waals surface area contributed by atoms with Crippen molar-refractivity contribution in [3.8, 4) is 0 Å². The van der Waals surface area contributed by atoms with E-state index in [-0.39, 0.29) is 17.1 Å². The van der Waals surface area contributed by atoms with Gasteiger partial charge in [0.25, 0.3) is 5.91 Å². The second-order valence-electron chi connectivity index (χ2n) is 5.93. The number of primary amides is 1. The van der Waals surface area contributed by atoms with Crippen molar-refractivity contribution in [3.05, 3.63) is 11.6 Å². The Morgan fingerprint density at radius 1 is 1.39 bits per heavy atom. The molecule has 2 atom stereocenters. The molecule has 5 nitrogen and oxygen atoms in total. The molecular formula is C13H18N2O3.